The minimum absolute atomic E-state index is 0.106. The number of benzene rings is 2. The Labute approximate surface area is 145 Å². The van der Waals surface area contributed by atoms with Gasteiger partial charge in [-0.2, -0.15) is 8.42 Å². The first-order chi connectivity index (χ1) is 11.5. The van der Waals surface area contributed by atoms with Gasteiger partial charge in [0.2, 0.25) is 0 Å². The van der Waals surface area contributed by atoms with Crippen molar-refractivity contribution in [1.29, 1.82) is 0 Å². The molecule has 1 unspecified atom stereocenters. The van der Waals surface area contributed by atoms with Gasteiger partial charge in [-0.25, -0.2) is 0 Å². The lowest BCUT2D eigenvalue weighted by Gasteiger charge is -2.20. The molecule has 0 aliphatic rings. The third-order valence-corrected chi connectivity index (χ3v) is 5.62. The number of hydrogen-bond donors (Lipinski definition) is 1. The molecule has 2 aromatic carbocycles. The molecule has 24 heavy (non-hydrogen) atoms. The molecule has 0 radical (unpaired) electrons. The summed E-state index contributed by atoms with van der Waals surface area (Å²) in [6, 6.07) is 11.2. The molecular weight excluding hydrogens is 320 g/mol. The summed E-state index contributed by atoms with van der Waals surface area (Å²) in [6.45, 7) is 4.30. The minimum Gasteiger partial charge on any atom is -0.282 e. The molecule has 0 saturated heterocycles. The number of rotatable bonds is 9. The third-order valence-electron chi connectivity index (χ3n) is 4.65. The summed E-state index contributed by atoms with van der Waals surface area (Å²) < 4.78 is 34.1. The molecule has 2 rings (SSSR count). The molecule has 132 valence electrons. The van der Waals surface area contributed by atoms with Gasteiger partial charge >= 0.3 is 0 Å². The Morgan fingerprint density at radius 3 is 2.33 bits per heavy atom. The standard InChI is InChI=1S/C20H28O3S/c1-3-5-6-7-11-16(10-4-2)19-15-14-17-12-8-9-13-18(17)20(19)24(21,22)23/h8-9,12-16H,3-7,10-11H2,1-2H3,(H,21,22,23). The van der Waals surface area contributed by atoms with Crippen LogP contribution in [0.15, 0.2) is 41.3 Å². The summed E-state index contributed by atoms with van der Waals surface area (Å²) in [4.78, 5) is 0.106. The van der Waals surface area contributed by atoms with Gasteiger partial charge in [-0.05, 0) is 29.7 Å². The monoisotopic (exact) mass is 348 g/mol. The van der Waals surface area contributed by atoms with E-state index in [1.807, 2.05) is 30.3 Å². The molecule has 0 amide bonds. The second kappa shape index (κ2) is 8.63. The summed E-state index contributed by atoms with van der Waals surface area (Å²) >= 11 is 0. The lowest BCUT2D eigenvalue weighted by Crippen LogP contribution is -2.09. The maximum atomic E-state index is 12.1. The molecule has 1 atom stereocenters. The van der Waals surface area contributed by atoms with Crippen molar-refractivity contribution in [2.75, 3.05) is 0 Å². The normalized spacial score (nSPS) is 13.3. The Balaban J connectivity index is 2.47. The smallest absolute Gasteiger partial charge is 0.282 e. The largest absolute Gasteiger partial charge is 0.295 e. The van der Waals surface area contributed by atoms with Gasteiger partial charge in [-0.3, -0.25) is 4.55 Å². The lowest BCUT2D eigenvalue weighted by atomic mass is 9.88. The van der Waals surface area contributed by atoms with E-state index in [1.165, 1.54) is 19.3 Å². The predicted molar refractivity (Wildman–Crippen MR) is 100 cm³/mol. The number of hydrogen-bond acceptors (Lipinski definition) is 2. The highest BCUT2D eigenvalue weighted by Gasteiger charge is 2.24. The third kappa shape index (κ3) is 4.58. The first-order valence-corrected chi connectivity index (χ1v) is 10.4. The van der Waals surface area contributed by atoms with Crippen LogP contribution in [0.1, 0.15) is 70.3 Å². The molecule has 0 bridgehead atoms. The molecule has 0 aromatic heterocycles. The molecule has 0 saturated carbocycles. The summed E-state index contributed by atoms with van der Waals surface area (Å²) in [7, 11) is -4.26. The minimum atomic E-state index is -4.26. The van der Waals surface area contributed by atoms with Crippen LogP contribution in [0.4, 0.5) is 0 Å². The van der Waals surface area contributed by atoms with E-state index in [-0.39, 0.29) is 10.8 Å². The fourth-order valence-corrected chi connectivity index (χ4v) is 4.49. The van der Waals surface area contributed by atoms with E-state index in [9.17, 15) is 13.0 Å². The second-order valence-corrected chi connectivity index (χ2v) is 7.87. The van der Waals surface area contributed by atoms with Crippen LogP contribution in [0.25, 0.3) is 10.8 Å². The first kappa shape index (κ1) is 18.9. The molecule has 2 aromatic rings. The highest BCUT2D eigenvalue weighted by atomic mass is 32.2. The maximum absolute atomic E-state index is 12.1. The van der Waals surface area contributed by atoms with E-state index < -0.39 is 10.1 Å². The molecule has 3 nitrogen and oxygen atoms in total. The Kier molecular flexibility index (Phi) is 6.81. The van der Waals surface area contributed by atoms with Gasteiger partial charge in [0.05, 0.1) is 0 Å². The van der Waals surface area contributed by atoms with E-state index in [0.29, 0.717) is 5.39 Å². The van der Waals surface area contributed by atoms with Crippen molar-refractivity contribution in [2.24, 2.45) is 0 Å². The topological polar surface area (TPSA) is 54.4 Å². The van der Waals surface area contributed by atoms with Crippen molar-refractivity contribution in [3.05, 3.63) is 42.0 Å². The van der Waals surface area contributed by atoms with Crippen molar-refractivity contribution >= 4 is 20.9 Å². The van der Waals surface area contributed by atoms with Crippen molar-refractivity contribution in [3.63, 3.8) is 0 Å². The van der Waals surface area contributed by atoms with Gasteiger partial charge in [-0.1, -0.05) is 82.3 Å². The van der Waals surface area contributed by atoms with Crippen molar-refractivity contribution in [2.45, 2.75) is 69.6 Å². The fraction of sp³-hybridized carbons (Fsp3) is 0.500. The van der Waals surface area contributed by atoms with Gasteiger partial charge in [0, 0.05) is 5.39 Å². The predicted octanol–water partition coefficient (Wildman–Crippen LogP) is 5.94. The molecule has 0 heterocycles. The summed E-state index contributed by atoms with van der Waals surface area (Å²) in [5, 5.41) is 1.46. The zero-order valence-electron chi connectivity index (χ0n) is 14.7. The molecular formula is C20H28O3S. The lowest BCUT2D eigenvalue weighted by molar-refractivity contribution is 0.476. The van der Waals surface area contributed by atoms with E-state index in [2.05, 4.69) is 13.8 Å². The maximum Gasteiger partial charge on any atom is 0.295 e. The van der Waals surface area contributed by atoms with Gasteiger partial charge in [0.15, 0.2) is 0 Å². The molecule has 1 N–H and O–H groups in total. The van der Waals surface area contributed by atoms with Crippen LogP contribution >= 0.6 is 0 Å². The summed E-state index contributed by atoms with van der Waals surface area (Å²) in [6.07, 6.45) is 7.56. The van der Waals surface area contributed by atoms with E-state index in [1.54, 1.807) is 6.07 Å². The van der Waals surface area contributed by atoms with Crippen LogP contribution in [0.2, 0.25) is 0 Å². The van der Waals surface area contributed by atoms with Crippen LogP contribution in [0.5, 0.6) is 0 Å². The quantitative estimate of drug-likeness (QED) is 0.450. The van der Waals surface area contributed by atoms with Gasteiger partial charge in [0.1, 0.15) is 4.90 Å². The Morgan fingerprint density at radius 1 is 0.917 bits per heavy atom. The van der Waals surface area contributed by atoms with Crippen molar-refractivity contribution < 1.29 is 13.0 Å². The molecule has 0 aliphatic carbocycles. The zero-order valence-corrected chi connectivity index (χ0v) is 15.5. The fourth-order valence-electron chi connectivity index (χ4n) is 3.49. The summed E-state index contributed by atoms with van der Waals surface area (Å²) in [5.74, 6) is 0.174. The summed E-state index contributed by atoms with van der Waals surface area (Å²) in [5.41, 5.74) is 0.773. The van der Waals surface area contributed by atoms with Crippen LogP contribution in [0.3, 0.4) is 0 Å². The Hall–Kier alpha value is -1.39. The SMILES string of the molecule is CCCCCCC(CCC)c1ccc2ccccc2c1S(=O)(=O)O. The highest BCUT2D eigenvalue weighted by Crippen LogP contribution is 2.36. The molecule has 0 aliphatic heterocycles. The van der Waals surface area contributed by atoms with Gasteiger partial charge < -0.3 is 0 Å². The van der Waals surface area contributed by atoms with Gasteiger partial charge in [0.25, 0.3) is 10.1 Å². The Bertz CT molecular complexity index is 766. The van der Waals surface area contributed by atoms with E-state index in [0.717, 1.165) is 36.6 Å². The average Bonchev–Trinajstić information content (AvgIpc) is 2.55. The van der Waals surface area contributed by atoms with Crippen molar-refractivity contribution in [3.8, 4) is 0 Å². The van der Waals surface area contributed by atoms with Crippen LogP contribution in [-0.4, -0.2) is 13.0 Å². The first-order valence-electron chi connectivity index (χ1n) is 8.98. The zero-order chi connectivity index (χ0) is 17.6. The van der Waals surface area contributed by atoms with E-state index in [4.69, 9.17) is 0 Å². The number of fused-ring (bicyclic) bond motifs is 1. The number of unbranched alkanes of at least 4 members (excludes halogenated alkanes) is 3. The highest BCUT2D eigenvalue weighted by molar-refractivity contribution is 7.86. The molecule has 0 fully saturated rings. The van der Waals surface area contributed by atoms with Crippen LogP contribution < -0.4 is 0 Å². The molecule has 4 heteroatoms. The van der Waals surface area contributed by atoms with Gasteiger partial charge in [-0.15, -0.1) is 0 Å². The van der Waals surface area contributed by atoms with Crippen LogP contribution in [-0.2, 0) is 10.1 Å². The van der Waals surface area contributed by atoms with Crippen molar-refractivity contribution in [1.82, 2.24) is 0 Å². The second-order valence-electron chi connectivity index (χ2n) is 6.52. The van der Waals surface area contributed by atoms with E-state index >= 15 is 0 Å². The molecule has 0 spiro atoms. The van der Waals surface area contributed by atoms with Crippen LogP contribution in [0, 0.1) is 0 Å². The Morgan fingerprint density at radius 2 is 1.67 bits per heavy atom. The average molecular weight is 349 g/mol.